The summed E-state index contributed by atoms with van der Waals surface area (Å²) in [6.45, 7) is 20.9. The van der Waals surface area contributed by atoms with Crippen molar-refractivity contribution in [2.45, 2.75) is 83.3 Å². The number of nitrogens with zero attached hydrogens (tertiary/aromatic N) is 1. The Balaban J connectivity index is 6.76. The first kappa shape index (κ1) is 41.3. The lowest BCUT2D eigenvalue weighted by Gasteiger charge is -2.34. The fourth-order valence-electron chi connectivity index (χ4n) is 4.66. The van der Waals surface area contributed by atoms with Gasteiger partial charge in [0.15, 0.2) is 0 Å². The Morgan fingerprint density at radius 3 is 1.75 bits per heavy atom. The van der Waals surface area contributed by atoms with Gasteiger partial charge in [0.1, 0.15) is 25.9 Å². The lowest BCUT2D eigenvalue weighted by Crippen LogP contribution is -2.51. The number of rotatable bonds is 22. The molecule has 0 bridgehead atoms. The van der Waals surface area contributed by atoms with E-state index in [2.05, 4.69) is 26.3 Å². The molecule has 0 radical (unpaired) electrons. The van der Waals surface area contributed by atoms with Gasteiger partial charge in [-0.3, -0.25) is 9.59 Å². The fraction of sp³-hybridized carbons (Fsp3) is 0.613. The molecule has 0 saturated carbocycles. The second-order valence-electron chi connectivity index (χ2n) is 11.3. The number of hydrogen-bond donors (Lipinski definition) is 1. The predicted molar refractivity (Wildman–Crippen MR) is 176 cm³/mol. The van der Waals surface area contributed by atoms with Gasteiger partial charge in [0.05, 0.1) is 5.40 Å². The zero-order chi connectivity index (χ0) is 34.0. The van der Waals surface area contributed by atoms with Crippen LogP contribution in [0.25, 0.3) is 0 Å². The van der Waals surface area contributed by atoms with Crippen LogP contribution in [0.15, 0.2) is 50.6 Å². The van der Waals surface area contributed by atoms with Crippen molar-refractivity contribution in [2.24, 2.45) is 5.73 Å². The summed E-state index contributed by atoms with van der Waals surface area (Å²) in [5.74, 6) is -2.31. The molecular formula is C31H52N2O9P2. The summed E-state index contributed by atoms with van der Waals surface area (Å²) in [5, 5.41) is -0.938. The van der Waals surface area contributed by atoms with E-state index in [1.54, 1.807) is 27.7 Å². The molecule has 0 fully saturated rings. The summed E-state index contributed by atoms with van der Waals surface area (Å²) in [4.78, 5) is 52.8. The zero-order valence-corrected chi connectivity index (χ0v) is 28.7. The van der Waals surface area contributed by atoms with Crippen LogP contribution in [0.1, 0.15) is 66.2 Å². The number of imide groups is 1. The third-order valence-corrected chi connectivity index (χ3v) is 15.3. The van der Waals surface area contributed by atoms with Crippen molar-refractivity contribution in [2.75, 3.05) is 38.0 Å². The maximum Gasteiger partial charge on any atom is 0.420 e. The molecule has 11 nitrogen and oxygen atoms in total. The molecule has 44 heavy (non-hydrogen) atoms. The summed E-state index contributed by atoms with van der Waals surface area (Å²) in [7, 11) is -6.58. The molecule has 0 aromatic heterocycles. The summed E-state index contributed by atoms with van der Waals surface area (Å²) in [5.41, 5.74) is 4.70. The Kier molecular flexibility index (Phi) is 19.1. The molecule has 13 heteroatoms. The number of nitrogens with two attached hydrogens (primary N) is 1. The van der Waals surface area contributed by atoms with E-state index in [0.717, 1.165) is 0 Å². The first-order valence-electron chi connectivity index (χ1n) is 14.8. The standard InChI is InChI=1S/C31H52N2O9P2/c1-9-20-43(38,21-10-2)28(44(39,22-11-3)23-12-4)18-17-26(34)33(30(37)41-24-40-27(35)13-5)25(16-14-15-19-32)29(36)42-31(6,7)8/h9-12,25,28H,1-4,13-24,32H2,5-8H3/t25-/m0/s1. The molecule has 0 aliphatic rings. The molecule has 0 aliphatic carbocycles. The highest BCUT2D eigenvalue weighted by molar-refractivity contribution is 7.82. The third kappa shape index (κ3) is 13.9. The third-order valence-electron chi connectivity index (χ3n) is 6.53. The smallest absolute Gasteiger partial charge is 0.420 e. The average Bonchev–Trinajstić information content (AvgIpc) is 2.91. The van der Waals surface area contributed by atoms with Crippen molar-refractivity contribution in [3.8, 4) is 0 Å². The van der Waals surface area contributed by atoms with Gasteiger partial charge in [-0.15, -0.1) is 26.3 Å². The second kappa shape index (κ2) is 20.3. The van der Waals surface area contributed by atoms with Crippen molar-refractivity contribution >= 4 is 38.2 Å². The average molecular weight is 659 g/mol. The highest BCUT2D eigenvalue weighted by Gasteiger charge is 2.44. The molecule has 0 heterocycles. The highest BCUT2D eigenvalue weighted by Crippen LogP contribution is 2.69. The summed E-state index contributed by atoms with van der Waals surface area (Å²) < 4.78 is 44.1. The lowest BCUT2D eigenvalue weighted by molar-refractivity contribution is -0.165. The van der Waals surface area contributed by atoms with Crippen molar-refractivity contribution in [3.63, 3.8) is 0 Å². The summed E-state index contributed by atoms with van der Waals surface area (Å²) in [6.07, 6.45) is 5.39. The number of amides is 2. The van der Waals surface area contributed by atoms with Crippen LogP contribution in [-0.2, 0) is 37.7 Å². The summed E-state index contributed by atoms with van der Waals surface area (Å²) in [6, 6.07) is -1.39. The molecule has 0 spiro atoms. The number of ether oxygens (including phenoxy) is 3. The SMILES string of the molecule is C=CCP(=O)(CC=C)C(CCC(=O)N(C(=O)OCOC(=O)CC)[C@@H](CCCCN)C(=O)OC(C)(C)C)P(=O)(CC=C)CC=C. The number of allylic oxidation sites excluding steroid dienone is 4. The van der Waals surface area contributed by atoms with Crippen LogP contribution >= 0.6 is 14.3 Å². The minimum Gasteiger partial charge on any atom is -0.458 e. The molecule has 2 amide bonds. The van der Waals surface area contributed by atoms with Gasteiger partial charge in [-0.05, 0) is 53.0 Å². The van der Waals surface area contributed by atoms with E-state index in [1.165, 1.54) is 24.3 Å². The number of carbonyl (C=O) groups excluding carboxylic acids is 4. The fourth-order valence-corrected chi connectivity index (χ4v) is 13.1. The first-order chi connectivity index (χ1) is 20.6. The molecular weight excluding hydrogens is 606 g/mol. The Hall–Kier alpha value is -2.74. The van der Waals surface area contributed by atoms with Crippen LogP contribution in [0.3, 0.4) is 0 Å². The van der Waals surface area contributed by atoms with Crippen LogP contribution in [0, 0.1) is 0 Å². The van der Waals surface area contributed by atoms with Crippen molar-refractivity contribution in [1.29, 1.82) is 0 Å². The van der Waals surface area contributed by atoms with Crippen molar-refractivity contribution in [3.05, 3.63) is 50.6 Å². The van der Waals surface area contributed by atoms with E-state index < -0.39 is 68.5 Å². The molecule has 250 valence electrons. The van der Waals surface area contributed by atoms with E-state index in [9.17, 15) is 28.3 Å². The topological polar surface area (TPSA) is 159 Å². The van der Waals surface area contributed by atoms with E-state index in [1.807, 2.05) is 0 Å². The normalized spacial score (nSPS) is 12.5. The number of carbonyl (C=O) groups is 4. The van der Waals surface area contributed by atoms with Crippen molar-refractivity contribution in [1.82, 2.24) is 4.90 Å². The van der Waals surface area contributed by atoms with Crippen LogP contribution in [-0.4, -0.2) is 83.9 Å². The van der Waals surface area contributed by atoms with Crippen LogP contribution in [0.5, 0.6) is 0 Å². The molecule has 0 rings (SSSR count). The lowest BCUT2D eigenvalue weighted by atomic mass is 10.1. The van der Waals surface area contributed by atoms with Gasteiger partial charge in [-0.25, -0.2) is 14.5 Å². The van der Waals surface area contributed by atoms with E-state index >= 15 is 0 Å². The van der Waals surface area contributed by atoms with Gasteiger partial charge in [-0.2, -0.15) is 0 Å². The van der Waals surface area contributed by atoms with Gasteiger partial charge in [0.2, 0.25) is 12.7 Å². The Bertz CT molecular complexity index is 1050. The maximum absolute atomic E-state index is 14.3. The number of unbranched alkanes of at least 4 members (excludes halogenated alkanes) is 1. The van der Waals surface area contributed by atoms with E-state index in [4.69, 9.17) is 19.9 Å². The van der Waals surface area contributed by atoms with Crippen molar-refractivity contribution < 1.29 is 42.5 Å². The van der Waals surface area contributed by atoms with E-state index in [0.29, 0.717) is 24.3 Å². The molecule has 2 N–H and O–H groups in total. The molecule has 0 aromatic rings. The molecule has 1 atom stereocenters. The van der Waals surface area contributed by atoms with Crippen LogP contribution in [0.2, 0.25) is 0 Å². The number of esters is 2. The van der Waals surface area contributed by atoms with Crippen LogP contribution < -0.4 is 5.73 Å². The first-order valence-corrected chi connectivity index (χ1v) is 19.0. The maximum atomic E-state index is 14.3. The Morgan fingerprint density at radius 1 is 0.841 bits per heavy atom. The largest absolute Gasteiger partial charge is 0.458 e. The number of hydrogen-bond acceptors (Lipinski definition) is 10. The predicted octanol–water partition coefficient (Wildman–Crippen LogP) is 6.28. The zero-order valence-electron chi connectivity index (χ0n) is 26.9. The monoisotopic (exact) mass is 658 g/mol. The minimum absolute atomic E-state index is 0.0297. The quantitative estimate of drug-likeness (QED) is 0.0461. The Labute approximate surface area is 263 Å². The van der Waals surface area contributed by atoms with Gasteiger partial charge < -0.3 is 29.1 Å². The minimum atomic E-state index is -3.29. The molecule has 0 unspecified atom stereocenters. The molecule has 0 aromatic carbocycles. The molecule has 0 aliphatic heterocycles. The van der Waals surface area contributed by atoms with Gasteiger partial charge in [-0.1, -0.05) is 31.2 Å². The van der Waals surface area contributed by atoms with Gasteiger partial charge >= 0.3 is 18.0 Å². The Morgan fingerprint density at radius 2 is 1.34 bits per heavy atom. The summed E-state index contributed by atoms with van der Waals surface area (Å²) >= 11 is 0. The highest BCUT2D eigenvalue weighted by atomic mass is 31.2. The second-order valence-corrected chi connectivity index (χ2v) is 18.2. The molecule has 0 saturated heterocycles. The van der Waals surface area contributed by atoms with E-state index in [-0.39, 0.29) is 43.9 Å². The van der Waals surface area contributed by atoms with Gasteiger partial charge in [0, 0.05) is 37.5 Å². The van der Waals surface area contributed by atoms with Crippen LogP contribution in [0.4, 0.5) is 4.79 Å². The van der Waals surface area contributed by atoms with Gasteiger partial charge in [0.25, 0.3) is 0 Å².